The topological polar surface area (TPSA) is 95.2 Å². The second-order valence-electron chi connectivity index (χ2n) is 6.50. The Labute approximate surface area is 160 Å². The van der Waals surface area contributed by atoms with Crippen molar-refractivity contribution in [3.05, 3.63) is 47.8 Å². The highest BCUT2D eigenvalue weighted by atomic mass is 32.2. The molecule has 1 aromatic heterocycles. The lowest BCUT2D eigenvalue weighted by Crippen LogP contribution is -2.37. The smallest absolute Gasteiger partial charge is 0.342 e. The molecule has 28 heavy (non-hydrogen) atoms. The molecule has 1 saturated heterocycles. The molecular weight excluding hydrogens is 397 g/mol. The van der Waals surface area contributed by atoms with Crippen molar-refractivity contribution in [3.63, 3.8) is 0 Å². The van der Waals surface area contributed by atoms with Crippen LogP contribution in [0.4, 0.5) is 13.2 Å². The monoisotopic (exact) mass is 416 g/mol. The molecule has 0 unspecified atom stereocenters. The second-order valence-corrected chi connectivity index (χ2v) is 8.44. The van der Waals surface area contributed by atoms with E-state index in [-0.39, 0.29) is 16.5 Å². The maximum Gasteiger partial charge on any atom is 0.405 e. The fraction of sp³-hybridized carbons (Fsp3) is 0.412. The van der Waals surface area contributed by atoms with Gasteiger partial charge in [-0.1, -0.05) is 18.2 Å². The molecule has 152 valence electrons. The average Bonchev–Trinajstić information content (AvgIpc) is 3.16. The lowest BCUT2D eigenvalue weighted by atomic mass is 9.94. The second kappa shape index (κ2) is 7.92. The molecular formula is C17H19F3N4O3S. The van der Waals surface area contributed by atoms with E-state index in [1.807, 2.05) is 0 Å². The summed E-state index contributed by atoms with van der Waals surface area (Å²) in [6.07, 6.45) is -3.47. The first-order valence-corrected chi connectivity index (χ1v) is 10.1. The molecule has 1 aromatic carbocycles. The predicted octanol–water partition coefficient (Wildman–Crippen LogP) is 2.27. The van der Waals surface area contributed by atoms with Crippen LogP contribution in [0.25, 0.3) is 0 Å². The fourth-order valence-corrected chi connectivity index (χ4v) is 4.57. The van der Waals surface area contributed by atoms with Gasteiger partial charge >= 0.3 is 6.18 Å². The quantitative estimate of drug-likeness (QED) is 0.782. The van der Waals surface area contributed by atoms with Gasteiger partial charge in [0.2, 0.25) is 10.0 Å². The van der Waals surface area contributed by atoms with E-state index in [9.17, 15) is 26.4 Å². The van der Waals surface area contributed by atoms with Gasteiger partial charge in [0.1, 0.15) is 12.2 Å². The number of amides is 1. The third-order valence-electron chi connectivity index (χ3n) is 4.55. The Kier molecular flexibility index (Phi) is 5.75. The number of H-pyrrole nitrogens is 1. The number of nitrogens with one attached hydrogen (secondary N) is 2. The number of aromatic amines is 1. The van der Waals surface area contributed by atoms with E-state index in [4.69, 9.17) is 0 Å². The van der Waals surface area contributed by atoms with Gasteiger partial charge in [-0.2, -0.15) is 22.6 Å². The van der Waals surface area contributed by atoms with Crippen LogP contribution in [0, 0.1) is 0 Å². The molecule has 0 saturated carbocycles. The van der Waals surface area contributed by atoms with Crippen molar-refractivity contribution in [2.45, 2.75) is 29.8 Å². The van der Waals surface area contributed by atoms with Gasteiger partial charge in [0, 0.05) is 24.7 Å². The Balaban J connectivity index is 1.60. The van der Waals surface area contributed by atoms with Gasteiger partial charge in [-0.25, -0.2) is 8.42 Å². The Morgan fingerprint density at radius 2 is 1.86 bits per heavy atom. The van der Waals surface area contributed by atoms with Crippen LogP contribution in [-0.4, -0.2) is 54.6 Å². The van der Waals surface area contributed by atoms with Crippen molar-refractivity contribution in [2.24, 2.45) is 0 Å². The first kappa shape index (κ1) is 20.3. The molecule has 7 nitrogen and oxygen atoms in total. The van der Waals surface area contributed by atoms with E-state index in [1.165, 1.54) is 10.4 Å². The minimum absolute atomic E-state index is 0.0566. The maximum absolute atomic E-state index is 12.6. The first-order valence-electron chi connectivity index (χ1n) is 8.62. The zero-order chi connectivity index (χ0) is 20.4. The molecule has 2 aromatic rings. The van der Waals surface area contributed by atoms with E-state index in [0.29, 0.717) is 31.6 Å². The Hall–Kier alpha value is -2.40. The van der Waals surface area contributed by atoms with Gasteiger partial charge in [-0.3, -0.25) is 9.89 Å². The van der Waals surface area contributed by atoms with Gasteiger partial charge in [-0.15, -0.1) is 0 Å². The van der Waals surface area contributed by atoms with E-state index < -0.39 is 28.7 Å². The van der Waals surface area contributed by atoms with Gasteiger partial charge in [0.05, 0.1) is 4.90 Å². The van der Waals surface area contributed by atoms with E-state index in [0.717, 1.165) is 0 Å². The molecule has 1 aliphatic rings. The molecule has 1 amide bonds. The Morgan fingerprint density at radius 3 is 2.46 bits per heavy atom. The number of rotatable bonds is 5. The number of alkyl halides is 3. The van der Waals surface area contributed by atoms with Crippen LogP contribution in [-0.2, 0) is 10.0 Å². The highest BCUT2D eigenvalue weighted by Gasteiger charge is 2.31. The number of hydrogen-bond acceptors (Lipinski definition) is 4. The predicted molar refractivity (Wildman–Crippen MR) is 94.2 cm³/mol. The first-order chi connectivity index (χ1) is 13.2. The third-order valence-corrected chi connectivity index (χ3v) is 6.47. The van der Waals surface area contributed by atoms with Gasteiger partial charge in [0.15, 0.2) is 0 Å². The van der Waals surface area contributed by atoms with Crippen molar-refractivity contribution in [1.29, 1.82) is 0 Å². The largest absolute Gasteiger partial charge is 0.405 e. The number of sulfonamides is 1. The third kappa shape index (κ3) is 4.71. The van der Waals surface area contributed by atoms with Crippen molar-refractivity contribution >= 4 is 15.9 Å². The van der Waals surface area contributed by atoms with Crippen LogP contribution in [0.2, 0.25) is 0 Å². The Morgan fingerprint density at radius 1 is 1.21 bits per heavy atom. The van der Waals surface area contributed by atoms with Crippen LogP contribution in [0.3, 0.4) is 0 Å². The maximum atomic E-state index is 12.6. The lowest BCUT2D eigenvalue weighted by Gasteiger charge is -2.30. The van der Waals surface area contributed by atoms with E-state index >= 15 is 0 Å². The summed E-state index contributed by atoms with van der Waals surface area (Å²) < 4.78 is 63.2. The molecule has 0 aliphatic carbocycles. The lowest BCUT2D eigenvalue weighted by molar-refractivity contribution is -0.123. The molecule has 2 heterocycles. The van der Waals surface area contributed by atoms with Crippen molar-refractivity contribution < 1.29 is 26.4 Å². The minimum atomic E-state index is -4.49. The molecule has 11 heteroatoms. The molecule has 1 aliphatic heterocycles. The van der Waals surface area contributed by atoms with Gasteiger partial charge < -0.3 is 5.32 Å². The molecule has 1 fully saturated rings. The highest BCUT2D eigenvalue weighted by molar-refractivity contribution is 7.89. The molecule has 0 spiro atoms. The summed E-state index contributed by atoms with van der Waals surface area (Å²) in [4.78, 5) is 12.0. The summed E-state index contributed by atoms with van der Waals surface area (Å²) in [6.45, 7) is -0.823. The minimum Gasteiger partial charge on any atom is -0.342 e. The van der Waals surface area contributed by atoms with Crippen LogP contribution >= 0.6 is 0 Å². The van der Waals surface area contributed by atoms with Crippen LogP contribution in [0.5, 0.6) is 0 Å². The summed E-state index contributed by atoms with van der Waals surface area (Å²) in [5, 5.41) is 8.22. The average molecular weight is 416 g/mol. The summed E-state index contributed by atoms with van der Waals surface area (Å²) in [7, 11) is -3.56. The number of piperidine rings is 1. The van der Waals surface area contributed by atoms with Crippen molar-refractivity contribution in [1.82, 2.24) is 19.8 Å². The number of halogens is 3. The number of carbonyl (C=O) groups is 1. The molecule has 0 radical (unpaired) electrons. The number of hydrogen-bond donors (Lipinski definition) is 2. The van der Waals surface area contributed by atoms with E-state index in [2.05, 4.69) is 10.2 Å². The van der Waals surface area contributed by atoms with Crippen molar-refractivity contribution in [3.8, 4) is 0 Å². The number of benzene rings is 1. The van der Waals surface area contributed by atoms with Crippen LogP contribution in [0.1, 0.15) is 34.9 Å². The molecule has 0 atom stereocenters. The standard InChI is InChI=1S/C17H19F3N4O3S/c18-17(19,20)11-21-16(25)15-10-14(22-23-15)12-6-8-24(9-7-12)28(26,27)13-4-2-1-3-5-13/h1-5,10,12H,6-9,11H2,(H,21,25)(H,22,23). The van der Waals surface area contributed by atoms with Gasteiger partial charge in [-0.05, 0) is 31.0 Å². The van der Waals surface area contributed by atoms with Crippen molar-refractivity contribution in [2.75, 3.05) is 19.6 Å². The zero-order valence-corrected chi connectivity index (χ0v) is 15.6. The molecule has 0 bridgehead atoms. The number of carbonyl (C=O) groups excluding carboxylic acids is 1. The van der Waals surface area contributed by atoms with Crippen LogP contribution < -0.4 is 5.32 Å². The number of aromatic nitrogens is 2. The highest BCUT2D eigenvalue weighted by Crippen LogP contribution is 2.30. The zero-order valence-electron chi connectivity index (χ0n) is 14.7. The normalized spacial score (nSPS) is 16.8. The summed E-state index contributed by atoms with van der Waals surface area (Å²) in [6, 6.07) is 9.57. The van der Waals surface area contributed by atoms with Crippen LogP contribution in [0.15, 0.2) is 41.3 Å². The fourth-order valence-electron chi connectivity index (χ4n) is 3.08. The summed E-state index contributed by atoms with van der Waals surface area (Å²) >= 11 is 0. The molecule has 2 N–H and O–H groups in total. The van der Waals surface area contributed by atoms with E-state index in [1.54, 1.807) is 35.6 Å². The SMILES string of the molecule is O=C(NCC(F)(F)F)c1cc(C2CCN(S(=O)(=O)c3ccccc3)CC2)[nH]n1. The Bertz CT molecular complexity index is 921. The summed E-state index contributed by atoms with van der Waals surface area (Å²) in [5.41, 5.74) is 0.479. The molecule has 3 rings (SSSR count). The van der Waals surface area contributed by atoms with Gasteiger partial charge in [0.25, 0.3) is 5.91 Å². The summed E-state index contributed by atoms with van der Waals surface area (Å²) in [5.74, 6) is -0.970. The number of nitrogens with zero attached hydrogens (tertiary/aromatic N) is 2.